The molecule has 0 atom stereocenters. The topological polar surface area (TPSA) is 58.2 Å². The number of nitrogens with one attached hydrogen (secondary N) is 2. The molecule has 0 fully saturated rings. The molecular weight excluding hydrogens is 303 g/mol. The fourth-order valence-corrected chi connectivity index (χ4v) is 2.95. The van der Waals surface area contributed by atoms with Crippen LogP contribution >= 0.6 is 11.6 Å². The van der Waals surface area contributed by atoms with Gasteiger partial charge in [0.2, 0.25) is 10.0 Å². The molecule has 0 heterocycles. The smallest absolute Gasteiger partial charge is 0.232 e. The number of unbranched alkanes of at least 4 members (excludes halogenated alkanes) is 1. The van der Waals surface area contributed by atoms with Crippen molar-refractivity contribution in [3.8, 4) is 0 Å². The van der Waals surface area contributed by atoms with Crippen molar-refractivity contribution in [3.05, 3.63) is 29.0 Å². The summed E-state index contributed by atoms with van der Waals surface area (Å²) in [5.41, 5.74) is 0.275. The average molecular weight is 323 g/mol. The van der Waals surface area contributed by atoms with Gasteiger partial charge in [0.05, 0.1) is 16.5 Å². The Morgan fingerprint density at radius 2 is 2.00 bits per heavy atom. The molecule has 0 radical (unpaired) electrons. The van der Waals surface area contributed by atoms with E-state index in [4.69, 9.17) is 11.6 Å². The molecule has 0 amide bonds. The second-order valence-electron chi connectivity index (χ2n) is 4.87. The van der Waals surface area contributed by atoms with Gasteiger partial charge in [-0.3, -0.25) is 4.72 Å². The van der Waals surface area contributed by atoms with E-state index in [0.717, 1.165) is 19.0 Å². The first-order valence-electron chi connectivity index (χ1n) is 6.49. The average Bonchev–Trinajstić information content (AvgIpc) is 2.32. The van der Waals surface area contributed by atoms with Gasteiger partial charge in [0.15, 0.2) is 0 Å². The van der Waals surface area contributed by atoms with Gasteiger partial charge in [-0.15, -0.1) is 0 Å². The van der Waals surface area contributed by atoms with E-state index in [0.29, 0.717) is 12.5 Å². The number of benzene rings is 1. The Kier molecular flexibility index (Phi) is 6.71. The maximum absolute atomic E-state index is 13.0. The molecule has 7 heteroatoms. The summed E-state index contributed by atoms with van der Waals surface area (Å²) in [6.07, 6.45) is 1.34. The number of halogens is 2. The molecule has 114 valence electrons. The maximum atomic E-state index is 13.0. The molecule has 1 rings (SSSR count). The van der Waals surface area contributed by atoms with Crippen LogP contribution in [0.5, 0.6) is 0 Å². The Balaban J connectivity index is 2.43. The highest BCUT2D eigenvalue weighted by Crippen LogP contribution is 2.20. The van der Waals surface area contributed by atoms with Gasteiger partial charge in [0.1, 0.15) is 5.82 Å². The summed E-state index contributed by atoms with van der Waals surface area (Å²) in [4.78, 5) is 0. The quantitative estimate of drug-likeness (QED) is 0.723. The van der Waals surface area contributed by atoms with E-state index in [-0.39, 0.29) is 16.5 Å². The lowest BCUT2D eigenvalue weighted by atomic mass is 10.3. The first kappa shape index (κ1) is 17.2. The molecule has 1 aromatic rings. The number of anilines is 1. The molecule has 0 unspecified atom stereocenters. The summed E-state index contributed by atoms with van der Waals surface area (Å²) in [7, 11) is -3.42. The van der Waals surface area contributed by atoms with Crippen molar-refractivity contribution in [3.63, 3.8) is 0 Å². The number of hydrogen-bond acceptors (Lipinski definition) is 3. The van der Waals surface area contributed by atoms with E-state index < -0.39 is 15.8 Å². The van der Waals surface area contributed by atoms with E-state index in [2.05, 4.69) is 10.0 Å². The third-order valence-corrected chi connectivity index (χ3v) is 4.25. The van der Waals surface area contributed by atoms with Crippen LogP contribution in [0.3, 0.4) is 0 Å². The van der Waals surface area contributed by atoms with Gasteiger partial charge in [-0.1, -0.05) is 25.4 Å². The van der Waals surface area contributed by atoms with Crippen molar-refractivity contribution >= 4 is 27.3 Å². The highest BCUT2D eigenvalue weighted by atomic mass is 35.5. The van der Waals surface area contributed by atoms with Crippen LogP contribution < -0.4 is 10.0 Å². The normalized spacial score (nSPS) is 11.8. The SMILES string of the molecule is CC(C)NCCCCS(=O)(=O)Nc1ccc(F)c(Cl)c1. The van der Waals surface area contributed by atoms with Crippen molar-refractivity contribution in [1.82, 2.24) is 5.32 Å². The molecule has 0 aliphatic carbocycles. The maximum Gasteiger partial charge on any atom is 0.232 e. The molecule has 0 bridgehead atoms. The Labute approximate surface area is 124 Å². The highest BCUT2D eigenvalue weighted by molar-refractivity contribution is 7.92. The fourth-order valence-electron chi connectivity index (χ4n) is 1.60. The summed E-state index contributed by atoms with van der Waals surface area (Å²) in [5.74, 6) is -0.545. The van der Waals surface area contributed by atoms with Crippen molar-refractivity contribution in [1.29, 1.82) is 0 Å². The zero-order valence-corrected chi connectivity index (χ0v) is 13.2. The van der Waals surface area contributed by atoms with E-state index in [9.17, 15) is 12.8 Å². The van der Waals surface area contributed by atoms with Crippen molar-refractivity contribution < 1.29 is 12.8 Å². The molecule has 0 saturated heterocycles. The van der Waals surface area contributed by atoms with E-state index >= 15 is 0 Å². The zero-order chi connectivity index (χ0) is 15.2. The fraction of sp³-hybridized carbons (Fsp3) is 0.538. The number of hydrogen-bond donors (Lipinski definition) is 2. The van der Waals surface area contributed by atoms with Crippen LogP contribution in [0.15, 0.2) is 18.2 Å². The van der Waals surface area contributed by atoms with Crippen LogP contribution in [0.2, 0.25) is 5.02 Å². The lowest BCUT2D eigenvalue weighted by Crippen LogP contribution is -2.24. The molecule has 0 aromatic heterocycles. The van der Waals surface area contributed by atoms with Crippen LogP contribution in [-0.4, -0.2) is 26.8 Å². The standard InChI is InChI=1S/C13H20ClFN2O2S/c1-10(2)16-7-3-4-8-20(18,19)17-11-5-6-13(15)12(14)9-11/h5-6,9-10,16-17H,3-4,7-8H2,1-2H3. The molecule has 0 saturated carbocycles. The Morgan fingerprint density at radius 3 is 2.60 bits per heavy atom. The summed E-state index contributed by atoms with van der Waals surface area (Å²) in [6, 6.07) is 4.13. The molecule has 20 heavy (non-hydrogen) atoms. The minimum atomic E-state index is -3.42. The second kappa shape index (κ2) is 7.81. The van der Waals surface area contributed by atoms with Crippen molar-refractivity contribution in [2.45, 2.75) is 32.7 Å². The molecule has 4 nitrogen and oxygen atoms in total. The zero-order valence-electron chi connectivity index (χ0n) is 11.6. The molecule has 2 N–H and O–H groups in total. The number of rotatable bonds is 8. The minimum Gasteiger partial charge on any atom is -0.315 e. The van der Waals surface area contributed by atoms with E-state index in [1.165, 1.54) is 12.1 Å². The molecule has 1 aromatic carbocycles. The monoisotopic (exact) mass is 322 g/mol. The van der Waals surface area contributed by atoms with Gasteiger partial charge in [-0.05, 0) is 37.6 Å². The second-order valence-corrected chi connectivity index (χ2v) is 7.11. The Hall–Kier alpha value is -0.850. The Morgan fingerprint density at radius 1 is 1.30 bits per heavy atom. The number of sulfonamides is 1. The van der Waals surface area contributed by atoms with Crippen molar-refractivity contribution in [2.24, 2.45) is 0 Å². The van der Waals surface area contributed by atoms with Gasteiger partial charge in [0, 0.05) is 6.04 Å². The lowest BCUT2D eigenvalue weighted by Gasteiger charge is -2.10. The summed E-state index contributed by atoms with van der Waals surface area (Å²) < 4.78 is 39.0. The van der Waals surface area contributed by atoms with Gasteiger partial charge in [0.25, 0.3) is 0 Å². The lowest BCUT2D eigenvalue weighted by molar-refractivity contribution is 0.561. The molecule has 0 aliphatic rings. The van der Waals surface area contributed by atoms with Gasteiger partial charge >= 0.3 is 0 Å². The van der Waals surface area contributed by atoms with Crippen LogP contribution in [-0.2, 0) is 10.0 Å². The summed E-state index contributed by atoms with van der Waals surface area (Å²) >= 11 is 5.60. The molecule has 0 spiro atoms. The predicted octanol–water partition coefficient (Wildman–Crippen LogP) is 3.00. The largest absolute Gasteiger partial charge is 0.315 e. The van der Waals surface area contributed by atoms with Gasteiger partial charge in [-0.2, -0.15) is 0 Å². The first-order chi connectivity index (χ1) is 9.30. The predicted molar refractivity (Wildman–Crippen MR) is 81.2 cm³/mol. The van der Waals surface area contributed by atoms with Gasteiger partial charge in [-0.25, -0.2) is 12.8 Å². The third-order valence-electron chi connectivity index (χ3n) is 2.59. The van der Waals surface area contributed by atoms with E-state index in [1.54, 1.807) is 0 Å². The van der Waals surface area contributed by atoms with Crippen molar-refractivity contribution in [2.75, 3.05) is 17.0 Å². The van der Waals surface area contributed by atoms with Crippen LogP contribution in [0.1, 0.15) is 26.7 Å². The molecular formula is C13H20ClFN2O2S. The first-order valence-corrected chi connectivity index (χ1v) is 8.52. The molecule has 0 aliphatic heterocycles. The van der Waals surface area contributed by atoms with Crippen LogP contribution in [0, 0.1) is 5.82 Å². The minimum absolute atomic E-state index is 0.0295. The Bertz CT molecular complexity index is 535. The third kappa shape index (κ3) is 6.54. The van der Waals surface area contributed by atoms with Crippen LogP contribution in [0.25, 0.3) is 0 Å². The van der Waals surface area contributed by atoms with Gasteiger partial charge < -0.3 is 5.32 Å². The van der Waals surface area contributed by atoms with Crippen LogP contribution in [0.4, 0.5) is 10.1 Å². The summed E-state index contributed by atoms with van der Waals surface area (Å²) in [6.45, 7) is 4.86. The highest BCUT2D eigenvalue weighted by Gasteiger charge is 2.11. The summed E-state index contributed by atoms with van der Waals surface area (Å²) in [5, 5.41) is 3.12. The van der Waals surface area contributed by atoms with E-state index in [1.807, 2.05) is 13.8 Å².